The van der Waals surface area contributed by atoms with E-state index in [1.807, 2.05) is 0 Å². The highest BCUT2D eigenvalue weighted by atomic mass is 19.4. The molecule has 3 aromatic rings. The number of aryl methyl sites for hydroxylation is 1. The maximum Gasteiger partial charge on any atom is 0.416 e. The largest absolute Gasteiger partial charge is 0.471 e. The van der Waals surface area contributed by atoms with Crippen molar-refractivity contribution in [3.05, 3.63) is 71.4 Å². The molecule has 0 amide bonds. The van der Waals surface area contributed by atoms with E-state index in [0.29, 0.717) is 22.5 Å². The van der Waals surface area contributed by atoms with Crippen molar-refractivity contribution in [2.24, 2.45) is 0 Å². The van der Waals surface area contributed by atoms with Gasteiger partial charge in [0.05, 0.1) is 17.5 Å². The predicted molar refractivity (Wildman–Crippen MR) is 81.1 cm³/mol. The number of rotatable bonds is 4. The summed E-state index contributed by atoms with van der Waals surface area (Å²) in [5.41, 5.74) is 1.21. The molecule has 0 fully saturated rings. The molecule has 0 saturated carbocycles. The van der Waals surface area contributed by atoms with Gasteiger partial charge in [0, 0.05) is 11.8 Å². The van der Waals surface area contributed by atoms with Gasteiger partial charge in [-0.2, -0.15) is 18.3 Å². The molecular weight excluding hydrogens is 337 g/mol. The summed E-state index contributed by atoms with van der Waals surface area (Å²) < 4.78 is 49.2. The molecular formula is C17H13F3N2O3. The summed E-state index contributed by atoms with van der Waals surface area (Å²) in [7, 11) is 0. The molecule has 0 atom stereocenters. The van der Waals surface area contributed by atoms with Crippen LogP contribution >= 0.6 is 0 Å². The molecule has 3 rings (SSSR count). The SMILES string of the molecule is Cc1cocc1C(=O)OCc1ccn(-c2ccc(C(F)(F)F)cc2)n1. The Morgan fingerprint density at radius 1 is 1.20 bits per heavy atom. The van der Waals surface area contributed by atoms with Gasteiger partial charge in [0.25, 0.3) is 0 Å². The van der Waals surface area contributed by atoms with Crippen LogP contribution in [0.5, 0.6) is 0 Å². The van der Waals surface area contributed by atoms with E-state index in [2.05, 4.69) is 5.10 Å². The Hall–Kier alpha value is -3.03. The van der Waals surface area contributed by atoms with Gasteiger partial charge in [0.15, 0.2) is 0 Å². The van der Waals surface area contributed by atoms with Gasteiger partial charge in [-0.15, -0.1) is 0 Å². The predicted octanol–water partition coefficient (Wildman–Crippen LogP) is 4.15. The Morgan fingerprint density at radius 2 is 1.92 bits per heavy atom. The molecule has 8 heteroatoms. The summed E-state index contributed by atoms with van der Waals surface area (Å²) in [4.78, 5) is 11.9. The Labute approximate surface area is 140 Å². The number of nitrogens with zero attached hydrogens (tertiary/aromatic N) is 2. The summed E-state index contributed by atoms with van der Waals surface area (Å²) in [5, 5.41) is 4.18. The van der Waals surface area contributed by atoms with Crippen molar-refractivity contribution in [1.29, 1.82) is 0 Å². The third-order valence-corrected chi connectivity index (χ3v) is 3.53. The summed E-state index contributed by atoms with van der Waals surface area (Å²) in [6, 6.07) is 6.23. The van der Waals surface area contributed by atoms with Crippen molar-refractivity contribution in [2.75, 3.05) is 0 Å². The van der Waals surface area contributed by atoms with Crippen LogP contribution < -0.4 is 0 Å². The lowest BCUT2D eigenvalue weighted by molar-refractivity contribution is -0.137. The van der Waals surface area contributed by atoms with Crippen molar-refractivity contribution in [1.82, 2.24) is 9.78 Å². The average Bonchev–Trinajstić information content (AvgIpc) is 3.21. The number of alkyl halides is 3. The number of benzene rings is 1. The average molecular weight is 350 g/mol. The third kappa shape index (κ3) is 3.73. The molecule has 0 N–H and O–H groups in total. The Kier molecular flexibility index (Phi) is 4.35. The molecule has 5 nitrogen and oxygen atoms in total. The molecule has 0 aliphatic heterocycles. The van der Waals surface area contributed by atoms with Crippen LogP contribution in [0.25, 0.3) is 5.69 Å². The first kappa shape index (κ1) is 16.8. The lowest BCUT2D eigenvalue weighted by Crippen LogP contribution is -2.07. The fourth-order valence-electron chi connectivity index (χ4n) is 2.17. The summed E-state index contributed by atoms with van der Waals surface area (Å²) >= 11 is 0. The van der Waals surface area contributed by atoms with Gasteiger partial charge in [-0.3, -0.25) is 0 Å². The number of hydrogen-bond donors (Lipinski definition) is 0. The van der Waals surface area contributed by atoms with Crippen LogP contribution in [0.3, 0.4) is 0 Å². The third-order valence-electron chi connectivity index (χ3n) is 3.53. The van der Waals surface area contributed by atoms with Gasteiger partial charge in [-0.25, -0.2) is 9.48 Å². The van der Waals surface area contributed by atoms with E-state index in [9.17, 15) is 18.0 Å². The number of furan rings is 1. The van der Waals surface area contributed by atoms with Crippen molar-refractivity contribution in [3.8, 4) is 5.69 Å². The highest BCUT2D eigenvalue weighted by Gasteiger charge is 2.30. The quantitative estimate of drug-likeness (QED) is 0.663. The Balaban J connectivity index is 1.66. The second kappa shape index (κ2) is 6.46. The van der Waals surface area contributed by atoms with E-state index in [1.54, 1.807) is 19.2 Å². The molecule has 0 unspecified atom stereocenters. The fourth-order valence-corrected chi connectivity index (χ4v) is 2.17. The zero-order valence-electron chi connectivity index (χ0n) is 13.1. The van der Waals surface area contributed by atoms with E-state index in [0.717, 1.165) is 12.1 Å². The number of carbonyl (C=O) groups excluding carboxylic acids is 1. The number of carbonyl (C=O) groups is 1. The lowest BCUT2D eigenvalue weighted by atomic mass is 10.2. The second-order valence-electron chi connectivity index (χ2n) is 5.34. The van der Waals surface area contributed by atoms with Crippen LogP contribution in [0, 0.1) is 6.92 Å². The first-order chi connectivity index (χ1) is 11.8. The number of ether oxygens (including phenoxy) is 1. The van der Waals surface area contributed by atoms with Crippen LogP contribution in [0.15, 0.2) is 53.5 Å². The molecule has 25 heavy (non-hydrogen) atoms. The van der Waals surface area contributed by atoms with E-state index < -0.39 is 17.7 Å². The Morgan fingerprint density at radius 3 is 2.52 bits per heavy atom. The monoisotopic (exact) mass is 350 g/mol. The second-order valence-corrected chi connectivity index (χ2v) is 5.34. The van der Waals surface area contributed by atoms with Crippen LogP contribution in [0.4, 0.5) is 13.2 Å². The standard InChI is InChI=1S/C17H13F3N2O3/c1-11-8-24-10-15(11)16(23)25-9-13-6-7-22(21-13)14-4-2-12(3-5-14)17(18,19)20/h2-8,10H,9H2,1H3. The molecule has 0 spiro atoms. The molecule has 0 radical (unpaired) electrons. The molecule has 1 aromatic carbocycles. The smallest absolute Gasteiger partial charge is 0.416 e. The maximum absolute atomic E-state index is 12.6. The molecule has 2 aromatic heterocycles. The summed E-state index contributed by atoms with van der Waals surface area (Å²) in [5.74, 6) is -0.532. The van der Waals surface area contributed by atoms with Crippen molar-refractivity contribution in [3.63, 3.8) is 0 Å². The van der Waals surface area contributed by atoms with Gasteiger partial charge >= 0.3 is 12.1 Å². The van der Waals surface area contributed by atoms with Crippen LogP contribution in [-0.4, -0.2) is 15.7 Å². The van der Waals surface area contributed by atoms with Gasteiger partial charge in [-0.1, -0.05) is 0 Å². The van der Waals surface area contributed by atoms with Crippen molar-refractivity contribution in [2.45, 2.75) is 19.7 Å². The van der Waals surface area contributed by atoms with E-state index >= 15 is 0 Å². The van der Waals surface area contributed by atoms with E-state index in [4.69, 9.17) is 9.15 Å². The maximum atomic E-state index is 12.6. The number of aromatic nitrogens is 2. The minimum absolute atomic E-state index is 0.0584. The number of esters is 1. The first-order valence-corrected chi connectivity index (χ1v) is 7.26. The molecule has 130 valence electrons. The van der Waals surface area contributed by atoms with Crippen LogP contribution in [0.1, 0.15) is 27.2 Å². The molecule has 0 saturated heterocycles. The van der Waals surface area contributed by atoms with Crippen LogP contribution in [0.2, 0.25) is 0 Å². The van der Waals surface area contributed by atoms with Gasteiger partial charge in [0.2, 0.25) is 0 Å². The van der Waals surface area contributed by atoms with Gasteiger partial charge in [0.1, 0.15) is 24.1 Å². The lowest BCUT2D eigenvalue weighted by Gasteiger charge is -2.07. The van der Waals surface area contributed by atoms with Crippen LogP contribution in [-0.2, 0) is 17.5 Å². The topological polar surface area (TPSA) is 57.3 Å². The van der Waals surface area contributed by atoms with E-state index in [-0.39, 0.29) is 6.61 Å². The Bertz CT molecular complexity index is 879. The minimum atomic E-state index is -4.38. The summed E-state index contributed by atoms with van der Waals surface area (Å²) in [6.07, 6.45) is -0.0590. The zero-order chi connectivity index (χ0) is 18.0. The molecule has 0 bridgehead atoms. The summed E-state index contributed by atoms with van der Waals surface area (Å²) in [6.45, 7) is 1.66. The number of hydrogen-bond acceptors (Lipinski definition) is 4. The van der Waals surface area contributed by atoms with Crippen molar-refractivity contribution >= 4 is 5.97 Å². The van der Waals surface area contributed by atoms with Gasteiger partial charge in [-0.05, 0) is 37.3 Å². The fraction of sp³-hybridized carbons (Fsp3) is 0.176. The normalized spacial score (nSPS) is 11.5. The molecule has 2 heterocycles. The highest BCUT2D eigenvalue weighted by molar-refractivity contribution is 5.90. The van der Waals surface area contributed by atoms with Gasteiger partial charge < -0.3 is 9.15 Å². The molecule has 0 aliphatic carbocycles. The minimum Gasteiger partial charge on any atom is -0.471 e. The van der Waals surface area contributed by atoms with Crippen molar-refractivity contribution < 1.29 is 27.1 Å². The zero-order valence-corrected chi connectivity index (χ0v) is 13.1. The van der Waals surface area contributed by atoms with E-state index in [1.165, 1.54) is 29.3 Å². The first-order valence-electron chi connectivity index (χ1n) is 7.26. The highest BCUT2D eigenvalue weighted by Crippen LogP contribution is 2.29. The number of halogens is 3. The molecule has 0 aliphatic rings.